The molecule has 0 saturated carbocycles. The average Bonchev–Trinajstić information content (AvgIpc) is 3.05. The summed E-state index contributed by atoms with van der Waals surface area (Å²) in [6.07, 6.45) is 0. The van der Waals surface area contributed by atoms with E-state index < -0.39 is 5.82 Å². The zero-order valence-corrected chi connectivity index (χ0v) is 15.2. The molecule has 0 radical (unpaired) electrons. The van der Waals surface area contributed by atoms with Gasteiger partial charge in [-0.1, -0.05) is 12.1 Å². The molecule has 0 fully saturated rings. The molecule has 0 aliphatic carbocycles. The number of carbonyl (C=O) groups excluding carboxylic acids is 2. The van der Waals surface area contributed by atoms with Crippen LogP contribution in [0, 0.1) is 5.82 Å². The summed E-state index contributed by atoms with van der Waals surface area (Å²) in [5, 5.41) is 4.63. The average molecular weight is 364 g/mol. The molecule has 2 amide bonds. The van der Waals surface area contributed by atoms with Gasteiger partial charge < -0.3 is 15.1 Å². The van der Waals surface area contributed by atoms with Gasteiger partial charge in [0.25, 0.3) is 11.8 Å². The number of nitrogens with zero attached hydrogens (tertiary/aromatic N) is 1. The van der Waals surface area contributed by atoms with Crippen LogP contribution in [-0.4, -0.2) is 43.4 Å². The van der Waals surface area contributed by atoms with Gasteiger partial charge in [-0.25, -0.2) is 4.39 Å². The fraction of sp³-hybridized carbons (Fsp3) is 0.333. The second kappa shape index (κ2) is 9.29. The van der Waals surface area contributed by atoms with Crippen molar-refractivity contribution in [2.24, 2.45) is 0 Å². The lowest BCUT2D eigenvalue weighted by Crippen LogP contribution is -3.11. The zero-order valence-electron chi connectivity index (χ0n) is 14.4. The molecule has 2 rings (SSSR count). The normalized spacial score (nSPS) is 11.8. The van der Waals surface area contributed by atoms with Gasteiger partial charge in [-0.05, 0) is 36.6 Å². The minimum atomic E-state index is -0.402. The molecule has 1 aromatic heterocycles. The number of likely N-dealkylation sites (N-methyl/N-ethyl adjacent to an activating group) is 2. The first-order chi connectivity index (χ1) is 12.0. The number of amides is 2. The quantitative estimate of drug-likeness (QED) is 0.744. The second-order valence-electron chi connectivity index (χ2n) is 5.86. The van der Waals surface area contributed by atoms with Crippen LogP contribution in [0.1, 0.15) is 11.8 Å². The van der Waals surface area contributed by atoms with Crippen LogP contribution < -0.4 is 10.2 Å². The number of hydrogen-bond donors (Lipinski definition) is 2. The molecule has 1 heterocycles. The SMILES string of the molecule is CCN(Cc1cccs1)C(=O)C[NH+](C)CC(=O)Nc1cccc(F)c1. The highest BCUT2D eigenvalue weighted by molar-refractivity contribution is 7.09. The number of quaternary nitrogens is 1. The first-order valence-electron chi connectivity index (χ1n) is 8.14. The van der Waals surface area contributed by atoms with Crippen LogP contribution in [0.2, 0.25) is 0 Å². The number of anilines is 1. The molecular weight excluding hydrogens is 341 g/mol. The van der Waals surface area contributed by atoms with E-state index in [1.165, 1.54) is 18.2 Å². The third kappa shape index (κ3) is 6.28. The fourth-order valence-corrected chi connectivity index (χ4v) is 3.16. The lowest BCUT2D eigenvalue weighted by molar-refractivity contribution is -0.862. The largest absolute Gasteiger partial charge is 0.333 e. The van der Waals surface area contributed by atoms with Gasteiger partial charge in [-0.2, -0.15) is 0 Å². The maximum Gasteiger partial charge on any atom is 0.279 e. The van der Waals surface area contributed by atoms with Crippen molar-refractivity contribution in [3.63, 3.8) is 0 Å². The van der Waals surface area contributed by atoms with E-state index in [1.807, 2.05) is 24.4 Å². The van der Waals surface area contributed by atoms with E-state index in [-0.39, 0.29) is 24.9 Å². The topological polar surface area (TPSA) is 53.9 Å². The lowest BCUT2D eigenvalue weighted by atomic mass is 10.3. The van der Waals surface area contributed by atoms with Crippen molar-refractivity contribution < 1.29 is 18.9 Å². The van der Waals surface area contributed by atoms with Crippen molar-refractivity contribution in [1.29, 1.82) is 0 Å². The summed E-state index contributed by atoms with van der Waals surface area (Å²) in [6.45, 7) is 3.53. The minimum Gasteiger partial charge on any atom is -0.333 e. The minimum absolute atomic E-state index is 0.00644. The van der Waals surface area contributed by atoms with Gasteiger partial charge in [0.2, 0.25) is 0 Å². The Labute approximate surface area is 151 Å². The van der Waals surface area contributed by atoms with Crippen molar-refractivity contribution in [2.45, 2.75) is 13.5 Å². The van der Waals surface area contributed by atoms with Gasteiger partial charge in [0.05, 0.1) is 13.6 Å². The lowest BCUT2D eigenvalue weighted by Gasteiger charge is -2.22. The molecule has 2 aromatic rings. The van der Waals surface area contributed by atoms with Crippen LogP contribution >= 0.6 is 11.3 Å². The van der Waals surface area contributed by atoms with Gasteiger partial charge in [0.15, 0.2) is 13.1 Å². The Kier molecular flexibility index (Phi) is 7.09. The van der Waals surface area contributed by atoms with E-state index in [9.17, 15) is 14.0 Å². The Morgan fingerprint density at radius 3 is 2.68 bits per heavy atom. The number of nitrogens with one attached hydrogen (secondary N) is 2. The first kappa shape index (κ1) is 19.1. The molecule has 0 aliphatic heterocycles. The zero-order chi connectivity index (χ0) is 18.2. The summed E-state index contributed by atoms with van der Waals surface area (Å²) >= 11 is 1.62. The Bertz CT molecular complexity index is 706. The molecule has 1 aromatic carbocycles. The fourth-order valence-electron chi connectivity index (χ4n) is 2.44. The molecule has 0 aliphatic rings. The molecule has 134 valence electrons. The number of carbonyl (C=O) groups is 2. The summed E-state index contributed by atoms with van der Waals surface area (Å²) in [6, 6.07) is 9.71. The van der Waals surface area contributed by atoms with Crippen molar-refractivity contribution in [3.8, 4) is 0 Å². The van der Waals surface area contributed by atoms with E-state index >= 15 is 0 Å². The van der Waals surface area contributed by atoms with E-state index in [1.54, 1.807) is 29.4 Å². The van der Waals surface area contributed by atoms with Crippen LogP contribution in [0.5, 0.6) is 0 Å². The second-order valence-corrected chi connectivity index (χ2v) is 6.89. The summed E-state index contributed by atoms with van der Waals surface area (Å²) in [5.41, 5.74) is 0.414. The van der Waals surface area contributed by atoms with Gasteiger partial charge in [0.1, 0.15) is 5.82 Å². The van der Waals surface area contributed by atoms with Crippen molar-refractivity contribution in [2.75, 3.05) is 32.0 Å². The summed E-state index contributed by atoms with van der Waals surface area (Å²) in [7, 11) is 1.79. The Morgan fingerprint density at radius 1 is 1.24 bits per heavy atom. The van der Waals surface area contributed by atoms with Crippen molar-refractivity contribution >= 4 is 28.8 Å². The predicted molar refractivity (Wildman–Crippen MR) is 97.1 cm³/mol. The molecule has 7 heteroatoms. The van der Waals surface area contributed by atoms with E-state index in [2.05, 4.69) is 5.32 Å². The van der Waals surface area contributed by atoms with Crippen LogP contribution in [0.4, 0.5) is 10.1 Å². The Hall–Kier alpha value is -2.25. The molecule has 1 atom stereocenters. The van der Waals surface area contributed by atoms with Crippen LogP contribution in [0.3, 0.4) is 0 Å². The Morgan fingerprint density at radius 2 is 2.04 bits per heavy atom. The molecule has 5 nitrogen and oxygen atoms in total. The highest BCUT2D eigenvalue weighted by atomic mass is 32.1. The first-order valence-corrected chi connectivity index (χ1v) is 9.02. The maximum absolute atomic E-state index is 13.1. The molecule has 2 N–H and O–H groups in total. The van der Waals surface area contributed by atoms with E-state index in [0.29, 0.717) is 18.8 Å². The molecule has 0 bridgehead atoms. The summed E-state index contributed by atoms with van der Waals surface area (Å²) < 4.78 is 13.1. The van der Waals surface area contributed by atoms with Crippen molar-refractivity contribution in [1.82, 2.24) is 4.90 Å². The van der Waals surface area contributed by atoms with Gasteiger partial charge >= 0.3 is 0 Å². The van der Waals surface area contributed by atoms with Gasteiger partial charge in [-0.3, -0.25) is 9.59 Å². The number of benzene rings is 1. The predicted octanol–water partition coefficient (Wildman–Crippen LogP) is 1.39. The van der Waals surface area contributed by atoms with Crippen LogP contribution in [0.15, 0.2) is 41.8 Å². The monoisotopic (exact) mass is 364 g/mol. The number of hydrogen-bond acceptors (Lipinski definition) is 3. The molecular formula is C18H23FN3O2S+. The van der Waals surface area contributed by atoms with Crippen LogP contribution in [-0.2, 0) is 16.1 Å². The van der Waals surface area contributed by atoms with Crippen LogP contribution in [0.25, 0.3) is 0 Å². The number of rotatable bonds is 8. The third-order valence-corrected chi connectivity index (χ3v) is 4.55. The summed E-state index contributed by atoms with van der Waals surface area (Å²) in [4.78, 5) is 28.2. The molecule has 0 spiro atoms. The van der Waals surface area contributed by atoms with Crippen molar-refractivity contribution in [3.05, 3.63) is 52.5 Å². The maximum atomic E-state index is 13.1. The molecule has 0 saturated heterocycles. The van der Waals surface area contributed by atoms with E-state index in [0.717, 1.165) is 9.78 Å². The smallest absolute Gasteiger partial charge is 0.279 e. The number of thiophene rings is 1. The summed E-state index contributed by atoms with van der Waals surface area (Å²) in [5.74, 6) is -0.648. The third-order valence-electron chi connectivity index (χ3n) is 3.68. The number of halogens is 1. The highest BCUT2D eigenvalue weighted by Crippen LogP contribution is 2.11. The van der Waals surface area contributed by atoms with Gasteiger partial charge in [-0.15, -0.1) is 11.3 Å². The Balaban J connectivity index is 1.82. The van der Waals surface area contributed by atoms with E-state index in [4.69, 9.17) is 0 Å². The highest BCUT2D eigenvalue weighted by Gasteiger charge is 2.19. The molecule has 1 unspecified atom stereocenters. The molecule has 25 heavy (non-hydrogen) atoms. The standard InChI is InChI=1S/C18H22FN3O2S/c1-3-22(11-16-8-5-9-25-16)18(24)13-21(2)12-17(23)20-15-7-4-6-14(19)10-15/h4-10H,3,11-13H2,1-2H3,(H,20,23)/p+1. The van der Waals surface area contributed by atoms with Gasteiger partial charge in [0, 0.05) is 17.1 Å².